The second-order valence-corrected chi connectivity index (χ2v) is 3.61. The lowest BCUT2D eigenvalue weighted by Crippen LogP contribution is -2.08. The summed E-state index contributed by atoms with van der Waals surface area (Å²) in [5.74, 6) is -1.10. The highest BCUT2D eigenvalue weighted by Crippen LogP contribution is 2.31. The van der Waals surface area contributed by atoms with Crippen LogP contribution in [0.15, 0.2) is 30.5 Å². The molecule has 2 aromatic rings. The standard InChI is InChI=1S/C11H8F3NO2/c12-11(13,14)8-2-1-7-3-4-15(6-10(16)17)9(7)5-8/h1-5H,6H2,(H,16,17). The number of benzene rings is 1. The molecule has 2 rings (SSSR count). The number of fused-ring (bicyclic) bond motifs is 1. The molecule has 1 N–H and O–H groups in total. The Balaban J connectivity index is 2.54. The van der Waals surface area contributed by atoms with E-state index in [0.29, 0.717) is 5.39 Å². The SMILES string of the molecule is O=C(O)Cn1ccc2ccc(C(F)(F)F)cc21. The van der Waals surface area contributed by atoms with E-state index in [1.54, 1.807) is 6.07 Å². The Labute approximate surface area is 94.1 Å². The van der Waals surface area contributed by atoms with Gasteiger partial charge in [-0.2, -0.15) is 13.2 Å². The molecule has 90 valence electrons. The van der Waals surface area contributed by atoms with Crippen molar-refractivity contribution < 1.29 is 23.1 Å². The number of carbonyl (C=O) groups is 1. The summed E-state index contributed by atoms with van der Waals surface area (Å²) in [6.07, 6.45) is -2.97. The second-order valence-electron chi connectivity index (χ2n) is 3.61. The molecule has 0 radical (unpaired) electrons. The van der Waals surface area contributed by atoms with Gasteiger partial charge in [0.15, 0.2) is 0 Å². The zero-order chi connectivity index (χ0) is 12.6. The first-order valence-electron chi connectivity index (χ1n) is 4.76. The fourth-order valence-electron chi connectivity index (χ4n) is 1.64. The van der Waals surface area contributed by atoms with Crippen LogP contribution in [-0.4, -0.2) is 15.6 Å². The van der Waals surface area contributed by atoms with Crippen LogP contribution in [0.4, 0.5) is 13.2 Å². The number of aliphatic carboxylic acids is 1. The van der Waals surface area contributed by atoms with E-state index in [2.05, 4.69) is 0 Å². The molecule has 0 fully saturated rings. The lowest BCUT2D eigenvalue weighted by Gasteiger charge is -2.07. The summed E-state index contributed by atoms with van der Waals surface area (Å²) in [7, 11) is 0. The van der Waals surface area contributed by atoms with Gasteiger partial charge in [0.1, 0.15) is 6.54 Å². The minimum atomic E-state index is -4.42. The van der Waals surface area contributed by atoms with E-state index in [0.717, 1.165) is 12.1 Å². The van der Waals surface area contributed by atoms with E-state index in [1.807, 2.05) is 0 Å². The van der Waals surface area contributed by atoms with Crippen LogP contribution in [0.1, 0.15) is 5.56 Å². The Kier molecular flexibility index (Phi) is 2.57. The van der Waals surface area contributed by atoms with Gasteiger partial charge in [-0.1, -0.05) is 6.07 Å². The molecule has 0 atom stereocenters. The minimum absolute atomic E-state index is 0.266. The third kappa shape index (κ3) is 2.25. The molecule has 0 saturated carbocycles. The molecule has 0 aliphatic rings. The number of carboxylic acid groups (broad SMARTS) is 1. The van der Waals surface area contributed by atoms with E-state index in [-0.39, 0.29) is 12.1 Å². The van der Waals surface area contributed by atoms with Crippen molar-refractivity contribution in [2.24, 2.45) is 0 Å². The summed E-state index contributed by atoms with van der Waals surface area (Å²) in [5.41, 5.74) is -0.516. The minimum Gasteiger partial charge on any atom is -0.480 e. The molecule has 0 spiro atoms. The molecule has 6 heteroatoms. The predicted octanol–water partition coefficient (Wildman–Crippen LogP) is 2.74. The summed E-state index contributed by atoms with van der Waals surface area (Å²) in [5, 5.41) is 9.21. The van der Waals surface area contributed by atoms with E-state index in [4.69, 9.17) is 5.11 Å². The first kappa shape index (κ1) is 11.5. The average molecular weight is 243 g/mol. The van der Waals surface area contributed by atoms with E-state index >= 15 is 0 Å². The van der Waals surface area contributed by atoms with Crippen LogP contribution in [0.5, 0.6) is 0 Å². The Morgan fingerprint density at radius 3 is 2.59 bits per heavy atom. The van der Waals surface area contributed by atoms with Gasteiger partial charge in [0, 0.05) is 11.7 Å². The quantitative estimate of drug-likeness (QED) is 0.881. The van der Waals surface area contributed by atoms with Crippen molar-refractivity contribution in [3.05, 3.63) is 36.0 Å². The van der Waals surface area contributed by atoms with Crippen molar-refractivity contribution in [2.45, 2.75) is 12.7 Å². The maximum Gasteiger partial charge on any atom is 0.416 e. The van der Waals surface area contributed by atoms with Crippen LogP contribution >= 0.6 is 0 Å². The molecule has 1 aromatic carbocycles. The number of halogens is 3. The summed E-state index contributed by atoms with van der Waals surface area (Å²) < 4.78 is 38.7. The predicted molar refractivity (Wildman–Crippen MR) is 54.6 cm³/mol. The van der Waals surface area contributed by atoms with Crippen LogP contribution in [0, 0.1) is 0 Å². The van der Waals surface area contributed by atoms with Gasteiger partial charge in [-0.05, 0) is 23.6 Å². The molecule has 3 nitrogen and oxygen atoms in total. The maximum atomic E-state index is 12.5. The molecular formula is C11H8F3NO2. The largest absolute Gasteiger partial charge is 0.480 e. The molecule has 0 amide bonds. The van der Waals surface area contributed by atoms with Crippen LogP contribution in [0.3, 0.4) is 0 Å². The lowest BCUT2D eigenvalue weighted by atomic mass is 10.1. The topological polar surface area (TPSA) is 42.2 Å². The maximum absolute atomic E-state index is 12.5. The zero-order valence-electron chi connectivity index (χ0n) is 8.53. The summed E-state index contributed by atoms with van der Waals surface area (Å²) in [6, 6.07) is 4.85. The highest BCUT2D eigenvalue weighted by molar-refractivity contribution is 5.82. The van der Waals surface area contributed by atoms with Crippen molar-refractivity contribution in [3.8, 4) is 0 Å². The summed E-state index contributed by atoms with van der Waals surface area (Å²) in [4.78, 5) is 10.5. The third-order valence-electron chi connectivity index (χ3n) is 2.41. The van der Waals surface area contributed by atoms with Gasteiger partial charge < -0.3 is 9.67 Å². The lowest BCUT2D eigenvalue weighted by molar-refractivity contribution is -0.138. The van der Waals surface area contributed by atoms with Crippen molar-refractivity contribution in [2.75, 3.05) is 0 Å². The first-order chi connectivity index (χ1) is 7.88. The van der Waals surface area contributed by atoms with Gasteiger partial charge in [-0.15, -0.1) is 0 Å². The van der Waals surface area contributed by atoms with Gasteiger partial charge in [0.05, 0.1) is 5.56 Å². The molecule has 17 heavy (non-hydrogen) atoms. The number of aromatic nitrogens is 1. The Morgan fingerprint density at radius 2 is 2.00 bits per heavy atom. The summed E-state index contributed by atoms with van der Waals surface area (Å²) in [6.45, 7) is -0.356. The van der Waals surface area contributed by atoms with Crippen molar-refractivity contribution in [1.29, 1.82) is 0 Å². The monoisotopic (exact) mass is 243 g/mol. The number of hydrogen-bond acceptors (Lipinski definition) is 1. The summed E-state index contributed by atoms with van der Waals surface area (Å²) >= 11 is 0. The Bertz CT molecular complexity index is 572. The zero-order valence-corrected chi connectivity index (χ0v) is 8.53. The van der Waals surface area contributed by atoms with Gasteiger partial charge in [0.2, 0.25) is 0 Å². The van der Waals surface area contributed by atoms with Crippen LogP contribution in [0.2, 0.25) is 0 Å². The number of alkyl halides is 3. The van der Waals surface area contributed by atoms with Gasteiger partial charge >= 0.3 is 12.1 Å². The molecular weight excluding hydrogens is 235 g/mol. The van der Waals surface area contributed by atoms with Gasteiger partial charge in [0.25, 0.3) is 0 Å². The Morgan fingerprint density at radius 1 is 1.29 bits per heavy atom. The first-order valence-corrected chi connectivity index (χ1v) is 4.76. The van der Waals surface area contributed by atoms with Gasteiger partial charge in [-0.3, -0.25) is 4.79 Å². The number of hydrogen-bond donors (Lipinski definition) is 1. The molecule has 1 aromatic heterocycles. The molecule has 0 saturated heterocycles. The van der Waals surface area contributed by atoms with Crippen molar-refractivity contribution >= 4 is 16.9 Å². The van der Waals surface area contributed by atoms with Crippen LogP contribution in [0.25, 0.3) is 10.9 Å². The molecule has 0 aliphatic carbocycles. The highest BCUT2D eigenvalue weighted by atomic mass is 19.4. The van der Waals surface area contributed by atoms with Crippen molar-refractivity contribution in [1.82, 2.24) is 4.57 Å². The normalized spacial score (nSPS) is 11.9. The van der Waals surface area contributed by atoms with E-state index in [9.17, 15) is 18.0 Å². The second kappa shape index (κ2) is 3.80. The van der Waals surface area contributed by atoms with E-state index in [1.165, 1.54) is 16.8 Å². The van der Waals surface area contributed by atoms with Crippen LogP contribution < -0.4 is 0 Å². The third-order valence-corrected chi connectivity index (χ3v) is 2.41. The molecule has 1 heterocycles. The highest BCUT2D eigenvalue weighted by Gasteiger charge is 2.30. The average Bonchev–Trinajstić information content (AvgIpc) is 2.59. The number of carboxylic acids is 1. The van der Waals surface area contributed by atoms with E-state index < -0.39 is 17.7 Å². The van der Waals surface area contributed by atoms with Crippen LogP contribution in [-0.2, 0) is 17.5 Å². The fraction of sp³-hybridized carbons (Fsp3) is 0.182. The smallest absolute Gasteiger partial charge is 0.416 e. The molecule has 0 unspecified atom stereocenters. The fourth-order valence-corrected chi connectivity index (χ4v) is 1.64. The Hall–Kier alpha value is -1.98. The number of nitrogens with zero attached hydrogens (tertiary/aromatic N) is 1. The van der Waals surface area contributed by atoms with Crippen molar-refractivity contribution in [3.63, 3.8) is 0 Å². The van der Waals surface area contributed by atoms with Gasteiger partial charge in [-0.25, -0.2) is 0 Å². The molecule has 0 aliphatic heterocycles. The number of rotatable bonds is 2. The molecule has 0 bridgehead atoms.